The van der Waals surface area contributed by atoms with Gasteiger partial charge in [0.25, 0.3) is 0 Å². The van der Waals surface area contributed by atoms with Crippen molar-refractivity contribution in [3.05, 3.63) is 0 Å². The van der Waals surface area contributed by atoms with Crippen molar-refractivity contribution < 1.29 is 5.11 Å². The Labute approximate surface area is 97.6 Å². The molecule has 3 N–H and O–H groups in total. The fourth-order valence-electron chi connectivity index (χ4n) is 2.16. The molecular formula is C11H22N2OS. The first kappa shape index (κ1) is 12.9. The van der Waals surface area contributed by atoms with Crippen LogP contribution >= 0.6 is 12.2 Å². The second-order valence-corrected chi connectivity index (χ2v) is 4.70. The van der Waals surface area contributed by atoms with Crippen molar-refractivity contribution in [1.82, 2.24) is 4.90 Å². The number of thiocarbonyl (C=S) groups is 1. The van der Waals surface area contributed by atoms with Gasteiger partial charge in [0.15, 0.2) is 0 Å². The molecule has 1 aliphatic carbocycles. The second-order valence-electron chi connectivity index (χ2n) is 4.23. The number of hydrogen-bond acceptors (Lipinski definition) is 3. The molecule has 0 aromatic carbocycles. The van der Waals surface area contributed by atoms with Crippen LogP contribution in [0.25, 0.3) is 0 Å². The minimum Gasteiger partial charge on any atom is -0.396 e. The molecule has 1 fully saturated rings. The number of aliphatic hydroxyl groups is 1. The third-order valence-electron chi connectivity index (χ3n) is 3.23. The van der Waals surface area contributed by atoms with Crippen LogP contribution in [0.15, 0.2) is 0 Å². The Bertz CT molecular complexity index is 207. The van der Waals surface area contributed by atoms with Gasteiger partial charge < -0.3 is 10.8 Å². The average Bonchev–Trinajstić information content (AvgIpc) is 2.11. The number of hydrogen-bond donors (Lipinski definition) is 2. The summed E-state index contributed by atoms with van der Waals surface area (Å²) in [4.78, 5) is 2.99. The zero-order valence-electron chi connectivity index (χ0n) is 9.48. The summed E-state index contributed by atoms with van der Waals surface area (Å²) in [6.07, 6.45) is 5.61. The van der Waals surface area contributed by atoms with Gasteiger partial charge in [-0.1, -0.05) is 25.6 Å². The molecule has 1 rings (SSSR count). The normalized spacial score (nSPS) is 18.9. The number of aliphatic hydroxyl groups excluding tert-OH is 1. The highest BCUT2D eigenvalue weighted by atomic mass is 32.1. The fraction of sp³-hybridized carbons (Fsp3) is 0.909. The lowest BCUT2D eigenvalue weighted by atomic mass is 9.89. The van der Waals surface area contributed by atoms with Crippen molar-refractivity contribution in [1.29, 1.82) is 0 Å². The highest BCUT2D eigenvalue weighted by molar-refractivity contribution is 7.80. The molecule has 0 bridgehead atoms. The lowest BCUT2D eigenvalue weighted by Gasteiger charge is -2.42. The summed E-state index contributed by atoms with van der Waals surface area (Å²) in [5, 5.41) is 8.89. The minimum absolute atomic E-state index is 0.219. The monoisotopic (exact) mass is 230 g/mol. The van der Waals surface area contributed by atoms with Gasteiger partial charge in [-0.3, -0.25) is 4.90 Å². The molecule has 15 heavy (non-hydrogen) atoms. The first-order valence-electron chi connectivity index (χ1n) is 5.86. The van der Waals surface area contributed by atoms with Crippen LogP contribution in [-0.2, 0) is 0 Å². The molecule has 0 radical (unpaired) electrons. The van der Waals surface area contributed by atoms with Crippen LogP contribution in [0.5, 0.6) is 0 Å². The predicted molar refractivity (Wildman–Crippen MR) is 66.9 cm³/mol. The summed E-state index contributed by atoms with van der Waals surface area (Å²) in [5.41, 5.74) is 5.76. The van der Waals surface area contributed by atoms with E-state index in [9.17, 15) is 0 Å². The quantitative estimate of drug-likeness (QED) is 0.647. The number of nitrogens with two attached hydrogens (primary N) is 1. The van der Waals surface area contributed by atoms with Gasteiger partial charge in [-0.15, -0.1) is 0 Å². The van der Waals surface area contributed by atoms with E-state index in [1.54, 1.807) is 0 Å². The van der Waals surface area contributed by atoms with Gasteiger partial charge in [-0.25, -0.2) is 0 Å². The molecule has 1 saturated carbocycles. The third-order valence-corrected chi connectivity index (χ3v) is 3.51. The van der Waals surface area contributed by atoms with Crippen LogP contribution in [0, 0.1) is 0 Å². The first-order valence-corrected chi connectivity index (χ1v) is 6.27. The van der Waals surface area contributed by atoms with Crippen molar-refractivity contribution in [3.8, 4) is 0 Å². The Morgan fingerprint density at radius 1 is 1.60 bits per heavy atom. The van der Waals surface area contributed by atoms with E-state index in [1.807, 2.05) is 0 Å². The van der Waals surface area contributed by atoms with Gasteiger partial charge in [-0.05, 0) is 25.7 Å². The summed E-state index contributed by atoms with van der Waals surface area (Å²) in [6.45, 7) is 3.28. The van der Waals surface area contributed by atoms with E-state index in [2.05, 4.69) is 11.8 Å². The maximum Gasteiger partial charge on any atom is 0.0902 e. The van der Waals surface area contributed by atoms with Gasteiger partial charge in [0.2, 0.25) is 0 Å². The molecule has 0 spiro atoms. The van der Waals surface area contributed by atoms with Gasteiger partial charge in [-0.2, -0.15) is 0 Å². The molecule has 0 amide bonds. The largest absolute Gasteiger partial charge is 0.396 e. The highest BCUT2D eigenvalue weighted by Gasteiger charge is 2.30. The molecule has 0 aromatic heterocycles. The summed E-state index contributed by atoms with van der Waals surface area (Å²) >= 11 is 5.11. The molecule has 1 atom stereocenters. The fourth-order valence-corrected chi connectivity index (χ4v) is 2.47. The van der Waals surface area contributed by atoms with E-state index in [-0.39, 0.29) is 12.6 Å². The first-order chi connectivity index (χ1) is 7.20. The maximum absolute atomic E-state index is 8.89. The van der Waals surface area contributed by atoms with Crippen molar-refractivity contribution in [3.63, 3.8) is 0 Å². The molecule has 0 heterocycles. The van der Waals surface area contributed by atoms with Crippen LogP contribution in [0.2, 0.25) is 0 Å². The highest BCUT2D eigenvalue weighted by Crippen LogP contribution is 2.27. The van der Waals surface area contributed by atoms with Gasteiger partial charge in [0, 0.05) is 19.2 Å². The topological polar surface area (TPSA) is 49.5 Å². The lowest BCUT2D eigenvalue weighted by Crippen LogP contribution is -2.51. The second kappa shape index (κ2) is 6.40. The number of rotatable bonds is 7. The molecule has 3 nitrogen and oxygen atoms in total. The standard InChI is InChI=1S/C11H22N2OS/c1-2-10(11(12)15)13(7-4-8-14)9-5-3-6-9/h9-10,14H,2-8H2,1H3,(H2,12,15). The molecule has 88 valence electrons. The van der Waals surface area contributed by atoms with Crippen molar-refractivity contribution in [2.75, 3.05) is 13.2 Å². The Hall–Kier alpha value is -0.190. The van der Waals surface area contributed by atoms with Crippen molar-refractivity contribution in [2.24, 2.45) is 5.73 Å². The number of nitrogens with zero attached hydrogens (tertiary/aromatic N) is 1. The van der Waals surface area contributed by atoms with E-state index < -0.39 is 0 Å². The Morgan fingerprint density at radius 3 is 2.60 bits per heavy atom. The van der Waals surface area contributed by atoms with Crippen molar-refractivity contribution >= 4 is 17.2 Å². The molecule has 0 saturated heterocycles. The Morgan fingerprint density at radius 2 is 2.27 bits per heavy atom. The molecule has 0 aliphatic heterocycles. The summed E-state index contributed by atoms with van der Waals surface area (Å²) in [5.74, 6) is 0. The van der Waals surface area contributed by atoms with E-state index in [4.69, 9.17) is 23.1 Å². The molecule has 1 unspecified atom stereocenters. The van der Waals surface area contributed by atoms with Crippen LogP contribution < -0.4 is 5.73 Å². The third kappa shape index (κ3) is 3.40. The summed E-state index contributed by atoms with van der Waals surface area (Å²) in [6, 6.07) is 0.861. The van der Waals surface area contributed by atoms with Crippen LogP contribution in [0.4, 0.5) is 0 Å². The maximum atomic E-state index is 8.89. The summed E-state index contributed by atoms with van der Waals surface area (Å²) in [7, 11) is 0. The Balaban J connectivity index is 2.55. The average molecular weight is 230 g/mol. The molecular weight excluding hydrogens is 208 g/mol. The van der Waals surface area contributed by atoms with Crippen LogP contribution in [0.3, 0.4) is 0 Å². The van der Waals surface area contributed by atoms with Crippen LogP contribution in [0.1, 0.15) is 39.0 Å². The minimum atomic E-state index is 0.219. The SMILES string of the molecule is CCC(C(N)=S)N(CCCO)C1CCC1. The molecule has 1 aliphatic rings. The van der Waals surface area contributed by atoms with Crippen molar-refractivity contribution in [2.45, 2.75) is 51.1 Å². The zero-order chi connectivity index (χ0) is 11.3. The summed E-state index contributed by atoms with van der Waals surface area (Å²) < 4.78 is 0. The van der Waals surface area contributed by atoms with E-state index in [0.717, 1.165) is 19.4 Å². The smallest absolute Gasteiger partial charge is 0.0902 e. The van der Waals surface area contributed by atoms with E-state index in [0.29, 0.717) is 11.0 Å². The van der Waals surface area contributed by atoms with Crippen LogP contribution in [-0.4, -0.2) is 40.2 Å². The van der Waals surface area contributed by atoms with Gasteiger partial charge >= 0.3 is 0 Å². The van der Waals surface area contributed by atoms with E-state index in [1.165, 1.54) is 19.3 Å². The molecule has 4 heteroatoms. The Kier molecular flexibility index (Phi) is 5.50. The lowest BCUT2D eigenvalue weighted by molar-refractivity contribution is 0.0961. The molecule has 0 aromatic rings. The van der Waals surface area contributed by atoms with Gasteiger partial charge in [0.1, 0.15) is 0 Å². The predicted octanol–water partition coefficient (Wildman–Crippen LogP) is 1.29. The van der Waals surface area contributed by atoms with E-state index >= 15 is 0 Å². The zero-order valence-corrected chi connectivity index (χ0v) is 10.3. The van der Waals surface area contributed by atoms with Gasteiger partial charge in [0.05, 0.1) is 11.0 Å².